The Hall–Kier alpha value is -2.55. The Morgan fingerprint density at radius 1 is 1.00 bits per heavy atom. The molecule has 1 amide bonds. The maximum Gasteiger partial charge on any atom is 0.242 e. The topological polar surface area (TPSA) is 25.2 Å². The third kappa shape index (κ3) is 3.03. The van der Waals surface area contributed by atoms with Crippen LogP contribution in [0, 0.1) is 0 Å². The summed E-state index contributed by atoms with van der Waals surface area (Å²) in [5.74, 6) is 0.146. The van der Waals surface area contributed by atoms with Crippen LogP contribution in [0.3, 0.4) is 0 Å². The Morgan fingerprint density at radius 2 is 1.73 bits per heavy atom. The largest absolute Gasteiger partial charge is 0.338 e. The normalized spacial score (nSPS) is 10.8. The van der Waals surface area contributed by atoms with Gasteiger partial charge in [-0.25, -0.2) is 0 Å². The van der Waals surface area contributed by atoms with E-state index < -0.39 is 0 Å². The Morgan fingerprint density at radius 3 is 2.50 bits per heavy atom. The molecule has 3 aromatic rings. The van der Waals surface area contributed by atoms with E-state index in [0.717, 1.165) is 11.1 Å². The standard InChI is InChI=1S/C19H20N2O/c1-2-20(14-16-8-4-3-5-9-16)19(22)15-21-13-12-17-10-6-7-11-18(17)21/h3-13H,2,14-15H2,1H3. The number of hydrogen-bond donors (Lipinski definition) is 0. The first-order valence-corrected chi connectivity index (χ1v) is 7.63. The van der Waals surface area contributed by atoms with Crippen molar-refractivity contribution in [2.45, 2.75) is 20.0 Å². The molecule has 0 N–H and O–H groups in total. The van der Waals surface area contributed by atoms with Crippen LogP contribution in [0.2, 0.25) is 0 Å². The van der Waals surface area contributed by atoms with Crippen LogP contribution in [0.25, 0.3) is 10.9 Å². The predicted octanol–water partition coefficient (Wildman–Crippen LogP) is 3.69. The van der Waals surface area contributed by atoms with Crippen LogP contribution in [-0.4, -0.2) is 21.9 Å². The van der Waals surface area contributed by atoms with E-state index in [-0.39, 0.29) is 5.91 Å². The van der Waals surface area contributed by atoms with E-state index >= 15 is 0 Å². The smallest absolute Gasteiger partial charge is 0.242 e. The van der Waals surface area contributed by atoms with Crippen molar-refractivity contribution in [2.24, 2.45) is 0 Å². The molecule has 0 spiro atoms. The first kappa shape index (κ1) is 14.4. The molecule has 0 bridgehead atoms. The molecule has 112 valence electrons. The lowest BCUT2D eigenvalue weighted by Gasteiger charge is -2.21. The molecule has 3 nitrogen and oxygen atoms in total. The number of carbonyl (C=O) groups excluding carboxylic acids is 1. The Bertz CT molecular complexity index is 761. The van der Waals surface area contributed by atoms with Crippen LogP contribution in [-0.2, 0) is 17.9 Å². The van der Waals surface area contributed by atoms with Gasteiger partial charge >= 0.3 is 0 Å². The second-order valence-electron chi connectivity index (χ2n) is 5.40. The van der Waals surface area contributed by atoms with Crippen LogP contribution >= 0.6 is 0 Å². The first-order chi connectivity index (χ1) is 10.8. The quantitative estimate of drug-likeness (QED) is 0.704. The molecule has 0 atom stereocenters. The molecule has 22 heavy (non-hydrogen) atoms. The van der Waals surface area contributed by atoms with E-state index in [1.807, 2.05) is 52.9 Å². The molecule has 0 unspecified atom stereocenters. The fourth-order valence-corrected chi connectivity index (χ4v) is 2.70. The number of aromatic nitrogens is 1. The molecule has 3 heteroatoms. The van der Waals surface area contributed by atoms with Crippen molar-refractivity contribution in [1.82, 2.24) is 9.47 Å². The molecule has 0 saturated carbocycles. The molecule has 2 aromatic carbocycles. The van der Waals surface area contributed by atoms with Crippen LogP contribution < -0.4 is 0 Å². The fourth-order valence-electron chi connectivity index (χ4n) is 2.70. The Labute approximate surface area is 130 Å². The van der Waals surface area contributed by atoms with Crippen LogP contribution in [0.15, 0.2) is 66.9 Å². The number of amides is 1. The van der Waals surface area contributed by atoms with E-state index in [4.69, 9.17) is 0 Å². The summed E-state index contributed by atoms with van der Waals surface area (Å²) in [7, 11) is 0. The molecule has 0 fully saturated rings. The van der Waals surface area contributed by atoms with Gasteiger partial charge < -0.3 is 9.47 Å². The zero-order chi connectivity index (χ0) is 15.4. The number of likely N-dealkylation sites (N-methyl/N-ethyl adjacent to an activating group) is 1. The highest BCUT2D eigenvalue weighted by molar-refractivity contribution is 5.83. The molecule has 1 aromatic heterocycles. The summed E-state index contributed by atoms with van der Waals surface area (Å²) < 4.78 is 2.02. The summed E-state index contributed by atoms with van der Waals surface area (Å²) in [6.07, 6.45) is 1.99. The maximum absolute atomic E-state index is 12.6. The van der Waals surface area contributed by atoms with Crippen LogP contribution in [0.5, 0.6) is 0 Å². The van der Waals surface area contributed by atoms with E-state index in [0.29, 0.717) is 19.6 Å². The van der Waals surface area contributed by atoms with E-state index in [2.05, 4.69) is 30.3 Å². The minimum absolute atomic E-state index is 0.146. The monoisotopic (exact) mass is 292 g/mol. The van der Waals surface area contributed by atoms with Crippen LogP contribution in [0.4, 0.5) is 0 Å². The van der Waals surface area contributed by atoms with E-state index in [1.165, 1.54) is 5.39 Å². The predicted molar refractivity (Wildman–Crippen MR) is 89.5 cm³/mol. The van der Waals surface area contributed by atoms with Crippen molar-refractivity contribution < 1.29 is 4.79 Å². The number of rotatable bonds is 5. The zero-order valence-corrected chi connectivity index (χ0v) is 12.8. The van der Waals surface area contributed by atoms with E-state index in [9.17, 15) is 4.79 Å². The van der Waals surface area contributed by atoms with Crippen molar-refractivity contribution >= 4 is 16.8 Å². The van der Waals surface area contributed by atoms with Gasteiger partial charge in [0.2, 0.25) is 5.91 Å². The lowest BCUT2D eigenvalue weighted by atomic mass is 10.2. The third-order valence-electron chi connectivity index (χ3n) is 3.94. The van der Waals surface area contributed by atoms with Gasteiger partial charge in [-0.2, -0.15) is 0 Å². The average molecular weight is 292 g/mol. The molecule has 0 aliphatic heterocycles. The number of fused-ring (bicyclic) bond motifs is 1. The summed E-state index contributed by atoms with van der Waals surface area (Å²) >= 11 is 0. The highest BCUT2D eigenvalue weighted by atomic mass is 16.2. The molecule has 0 saturated heterocycles. The SMILES string of the molecule is CCN(Cc1ccccc1)C(=O)Cn1ccc2ccccc21. The summed E-state index contributed by atoms with van der Waals surface area (Å²) in [6.45, 7) is 3.78. The summed E-state index contributed by atoms with van der Waals surface area (Å²) in [6, 6.07) is 20.3. The number of para-hydroxylation sites is 1. The van der Waals surface area contributed by atoms with Crippen molar-refractivity contribution in [3.63, 3.8) is 0 Å². The van der Waals surface area contributed by atoms with Crippen molar-refractivity contribution in [3.05, 3.63) is 72.4 Å². The summed E-state index contributed by atoms with van der Waals surface area (Å²) in [5.41, 5.74) is 2.27. The van der Waals surface area contributed by atoms with Gasteiger partial charge in [0.15, 0.2) is 0 Å². The molecule has 3 rings (SSSR count). The number of hydrogen-bond acceptors (Lipinski definition) is 1. The zero-order valence-electron chi connectivity index (χ0n) is 12.8. The summed E-state index contributed by atoms with van der Waals surface area (Å²) in [5, 5.41) is 1.17. The van der Waals surface area contributed by atoms with Gasteiger partial charge in [-0.05, 0) is 30.0 Å². The molecule has 1 heterocycles. The summed E-state index contributed by atoms with van der Waals surface area (Å²) in [4.78, 5) is 14.5. The van der Waals surface area contributed by atoms with E-state index in [1.54, 1.807) is 0 Å². The number of nitrogens with zero attached hydrogens (tertiary/aromatic N) is 2. The minimum Gasteiger partial charge on any atom is -0.338 e. The lowest BCUT2D eigenvalue weighted by molar-refractivity contribution is -0.132. The second kappa shape index (κ2) is 6.48. The highest BCUT2D eigenvalue weighted by Crippen LogP contribution is 2.15. The van der Waals surface area contributed by atoms with Crippen molar-refractivity contribution in [2.75, 3.05) is 6.54 Å². The minimum atomic E-state index is 0.146. The van der Waals surface area contributed by atoms with Gasteiger partial charge in [-0.15, -0.1) is 0 Å². The molecular formula is C19H20N2O. The second-order valence-corrected chi connectivity index (χ2v) is 5.40. The van der Waals surface area contributed by atoms with Gasteiger partial charge in [-0.1, -0.05) is 48.5 Å². The third-order valence-corrected chi connectivity index (χ3v) is 3.94. The average Bonchev–Trinajstić information content (AvgIpc) is 2.97. The van der Waals surface area contributed by atoms with Crippen molar-refractivity contribution in [3.8, 4) is 0 Å². The van der Waals surface area contributed by atoms with Gasteiger partial charge in [0.1, 0.15) is 6.54 Å². The van der Waals surface area contributed by atoms with Gasteiger partial charge in [0.05, 0.1) is 0 Å². The maximum atomic E-state index is 12.6. The fraction of sp³-hybridized carbons (Fsp3) is 0.211. The Kier molecular flexibility index (Phi) is 4.24. The van der Waals surface area contributed by atoms with Crippen molar-refractivity contribution in [1.29, 1.82) is 0 Å². The Balaban J connectivity index is 1.74. The molecule has 0 aliphatic rings. The van der Waals surface area contributed by atoms with Gasteiger partial charge in [-0.3, -0.25) is 4.79 Å². The number of benzene rings is 2. The molecular weight excluding hydrogens is 272 g/mol. The molecule has 0 radical (unpaired) electrons. The first-order valence-electron chi connectivity index (χ1n) is 7.63. The number of carbonyl (C=O) groups is 1. The van der Waals surface area contributed by atoms with Gasteiger partial charge in [0.25, 0.3) is 0 Å². The molecule has 0 aliphatic carbocycles. The van der Waals surface area contributed by atoms with Crippen LogP contribution in [0.1, 0.15) is 12.5 Å². The highest BCUT2D eigenvalue weighted by Gasteiger charge is 2.13. The van der Waals surface area contributed by atoms with Gasteiger partial charge in [0, 0.05) is 24.8 Å². The lowest BCUT2D eigenvalue weighted by Crippen LogP contribution is -2.33.